The zero-order valence-electron chi connectivity index (χ0n) is 11.1. The van der Waals surface area contributed by atoms with Crippen LogP contribution in [0.25, 0.3) is 0 Å². The molecular formula is C15H22N2. The first-order chi connectivity index (χ1) is 8.02. The molecule has 17 heavy (non-hydrogen) atoms. The third-order valence-electron chi connectivity index (χ3n) is 3.62. The van der Waals surface area contributed by atoms with Gasteiger partial charge in [-0.1, -0.05) is 33.4 Å². The standard InChI is InChI=1S/C15H22N2/c1-5-12-10-11(2)16-17-14(12)13-6-8-15(3,4)9-7-13/h6,10,16H,2,5,7-9H2,1,3-4H3. The van der Waals surface area contributed by atoms with E-state index in [1.807, 2.05) is 0 Å². The molecule has 2 aliphatic rings. The topological polar surface area (TPSA) is 24.4 Å². The summed E-state index contributed by atoms with van der Waals surface area (Å²) in [6, 6.07) is 0. The molecule has 92 valence electrons. The predicted octanol–water partition coefficient (Wildman–Crippen LogP) is 3.93. The van der Waals surface area contributed by atoms with Gasteiger partial charge >= 0.3 is 0 Å². The van der Waals surface area contributed by atoms with Crippen LogP contribution in [0, 0.1) is 5.41 Å². The summed E-state index contributed by atoms with van der Waals surface area (Å²) in [5, 5.41) is 4.46. The van der Waals surface area contributed by atoms with Crippen molar-refractivity contribution < 1.29 is 0 Å². The van der Waals surface area contributed by atoms with E-state index in [0.29, 0.717) is 5.41 Å². The Bertz CT molecular complexity index is 422. The normalized spacial score (nSPS) is 23.5. The summed E-state index contributed by atoms with van der Waals surface area (Å²) in [5.41, 5.74) is 8.19. The molecule has 0 atom stereocenters. The molecule has 0 aromatic carbocycles. The van der Waals surface area contributed by atoms with Gasteiger partial charge in [-0.3, -0.25) is 5.43 Å². The quantitative estimate of drug-likeness (QED) is 0.763. The lowest BCUT2D eigenvalue weighted by atomic mass is 9.76. The van der Waals surface area contributed by atoms with E-state index in [4.69, 9.17) is 0 Å². The zero-order chi connectivity index (χ0) is 12.5. The van der Waals surface area contributed by atoms with E-state index >= 15 is 0 Å². The van der Waals surface area contributed by atoms with Gasteiger partial charge in [-0.05, 0) is 48.3 Å². The Kier molecular flexibility index (Phi) is 3.23. The second kappa shape index (κ2) is 4.52. The first-order valence-corrected chi connectivity index (χ1v) is 6.45. The molecular weight excluding hydrogens is 208 g/mol. The maximum Gasteiger partial charge on any atom is 0.0894 e. The lowest BCUT2D eigenvalue weighted by molar-refractivity contribution is 0.328. The van der Waals surface area contributed by atoms with Crippen LogP contribution in [0.15, 0.2) is 40.7 Å². The molecule has 0 saturated heterocycles. The molecule has 2 rings (SSSR count). The Labute approximate surface area is 104 Å². The van der Waals surface area contributed by atoms with Gasteiger partial charge in [0.25, 0.3) is 0 Å². The lowest BCUT2D eigenvalue weighted by Crippen LogP contribution is -2.23. The van der Waals surface area contributed by atoms with E-state index in [2.05, 4.69) is 50.0 Å². The molecule has 0 spiro atoms. The van der Waals surface area contributed by atoms with Crippen LogP contribution < -0.4 is 5.43 Å². The maximum atomic E-state index is 4.46. The molecule has 2 nitrogen and oxygen atoms in total. The van der Waals surface area contributed by atoms with Crippen LogP contribution in [0.2, 0.25) is 0 Å². The molecule has 0 bridgehead atoms. The average molecular weight is 230 g/mol. The number of nitrogens with zero attached hydrogens (tertiary/aromatic N) is 1. The van der Waals surface area contributed by atoms with E-state index in [0.717, 1.165) is 30.7 Å². The minimum Gasteiger partial charge on any atom is -0.279 e. The Morgan fingerprint density at radius 1 is 1.47 bits per heavy atom. The molecule has 0 saturated carbocycles. The largest absolute Gasteiger partial charge is 0.279 e. The van der Waals surface area contributed by atoms with Crippen molar-refractivity contribution in [1.82, 2.24) is 5.43 Å². The fourth-order valence-corrected chi connectivity index (χ4v) is 2.35. The van der Waals surface area contributed by atoms with Gasteiger partial charge in [0.1, 0.15) is 0 Å². The molecule has 1 aliphatic heterocycles. The fourth-order valence-electron chi connectivity index (χ4n) is 2.35. The fraction of sp³-hybridized carbons (Fsp3) is 0.533. The van der Waals surface area contributed by atoms with Gasteiger partial charge in [0.2, 0.25) is 0 Å². The Morgan fingerprint density at radius 2 is 2.24 bits per heavy atom. The highest BCUT2D eigenvalue weighted by Gasteiger charge is 2.25. The summed E-state index contributed by atoms with van der Waals surface area (Å²) < 4.78 is 0. The highest BCUT2D eigenvalue weighted by molar-refractivity contribution is 6.13. The molecule has 2 heteroatoms. The first-order valence-electron chi connectivity index (χ1n) is 6.45. The molecule has 1 aliphatic carbocycles. The molecule has 1 N–H and O–H groups in total. The minimum atomic E-state index is 0.450. The van der Waals surface area contributed by atoms with E-state index < -0.39 is 0 Å². The van der Waals surface area contributed by atoms with Crippen LogP contribution in [-0.4, -0.2) is 5.71 Å². The van der Waals surface area contributed by atoms with E-state index in [-0.39, 0.29) is 0 Å². The molecule has 0 fully saturated rings. The number of nitrogens with one attached hydrogen (secondary N) is 1. The average Bonchev–Trinajstić information content (AvgIpc) is 2.29. The van der Waals surface area contributed by atoms with Gasteiger partial charge in [0, 0.05) is 5.70 Å². The number of hydrogen-bond acceptors (Lipinski definition) is 2. The summed E-state index contributed by atoms with van der Waals surface area (Å²) in [7, 11) is 0. The smallest absolute Gasteiger partial charge is 0.0894 e. The summed E-state index contributed by atoms with van der Waals surface area (Å²) >= 11 is 0. The summed E-state index contributed by atoms with van der Waals surface area (Å²) in [5.74, 6) is 0. The van der Waals surface area contributed by atoms with Crippen molar-refractivity contribution >= 4 is 5.71 Å². The molecule has 0 amide bonds. The van der Waals surface area contributed by atoms with Crippen molar-refractivity contribution in [3.63, 3.8) is 0 Å². The molecule has 0 aromatic heterocycles. The van der Waals surface area contributed by atoms with Gasteiger partial charge in [0.15, 0.2) is 0 Å². The van der Waals surface area contributed by atoms with E-state index in [9.17, 15) is 0 Å². The van der Waals surface area contributed by atoms with Crippen LogP contribution in [0.1, 0.15) is 46.5 Å². The van der Waals surface area contributed by atoms with E-state index in [1.165, 1.54) is 17.6 Å². The van der Waals surface area contributed by atoms with Crippen LogP contribution in [0.5, 0.6) is 0 Å². The van der Waals surface area contributed by atoms with Crippen molar-refractivity contribution in [2.45, 2.75) is 46.5 Å². The monoisotopic (exact) mass is 230 g/mol. The van der Waals surface area contributed by atoms with Crippen LogP contribution in [0.3, 0.4) is 0 Å². The number of hydrogen-bond donors (Lipinski definition) is 1. The number of allylic oxidation sites excluding steroid dienone is 4. The highest BCUT2D eigenvalue weighted by Crippen LogP contribution is 2.36. The highest BCUT2D eigenvalue weighted by atomic mass is 15.3. The number of hydrazone groups is 1. The van der Waals surface area contributed by atoms with Crippen molar-refractivity contribution in [3.8, 4) is 0 Å². The Morgan fingerprint density at radius 3 is 2.82 bits per heavy atom. The van der Waals surface area contributed by atoms with Gasteiger partial charge < -0.3 is 0 Å². The minimum absolute atomic E-state index is 0.450. The SMILES string of the molecule is C=C1C=C(CC)C(C2=CCC(C)(C)CC2)=NN1. The Balaban J connectivity index is 2.21. The van der Waals surface area contributed by atoms with Crippen LogP contribution in [0.4, 0.5) is 0 Å². The van der Waals surface area contributed by atoms with Crippen molar-refractivity contribution in [3.05, 3.63) is 35.6 Å². The summed E-state index contributed by atoms with van der Waals surface area (Å²) in [4.78, 5) is 0. The molecule has 0 unspecified atom stereocenters. The first kappa shape index (κ1) is 12.2. The van der Waals surface area contributed by atoms with Gasteiger partial charge in [-0.15, -0.1) is 0 Å². The Hall–Kier alpha value is -1.31. The van der Waals surface area contributed by atoms with E-state index in [1.54, 1.807) is 0 Å². The maximum absolute atomic E-state index is 4.46. The lowest BCUT2D eigenvalue weighted by Gasteiger charge is -2.30. The second-order valence-corrected chi connectivity index (χ2v) is 5.72. The predicted molar refractivity (Wildman–Crippen MR) is 73.8 cm³/mol. The van der Waals surface area contributed by atoms with Crippen LogP contribution >= 0.6 is 0 Å². The molecule has 0 aromatic rings. The summed E-state index contributed by atoms with van der Waals surface area (Å²) in [6.45, 7) is 10.7. The van der Waals surface area contributed by atoms with Gasteiger partial charge in [0.05, 0.1) is 5.71 Å². The van der Waals surface area contributed by atoms with Gasteiger partial charge in [-0.2, -0.15) is 5.10 Å². The second-order valence-electron chi connectivity index (χ2n) is 5.72. The molecule has 1 heterocycles. The van der Waals surface area contributed by atoms with Crippen molar-refractivity contribution in [1.29, 1.82) is 0 Å². The van der Waals surface area contributed by atoms with Gasteiger partial charge in [-0.25, -0.2) is 0 Å². The summed E-state index contributed by atoms with van der Waals surface area (Å²) in [6.07, 6.45) is 9.03. The molecule has 0 radical (unpaired) electrons. The van der Waals surface area contributed by atoms with Crippen LogP contribution in [-0.2, 0) is 0 Å². The third kappa shape index (κ3) is 2.68. The third-order valence-corrected chi connectivity index (χ3v) is 3.62. The zero-order valence-corrected chi connectivity index (χ0v) is 11.1. The van der Waals surface area contributed by atoms with Crippen molar-refractivity contribution in [2.75, 3.05) is 0 Å². The van der Waals surface area contributed by atoms with Crippen molar-refractivity contribution in [2.24, 2.45) is 10.5 Å². The number of rotatable bonds is 2.